The molecular formula is C12H20N4O2. The number of carbonyl (C=O) groups is 1. The maximum atomic E-state index is 12.2. The number of rotatable bonds is 3. The van der Waals surface area contributed by atoms with Gasteiger partial charge in [0.25, 0.3) is 5.91 Å². The normalized spacial score (nSPS) is 21.1. The van der Waals surface area contributed by atoms with Gasteiger partial charge < -0.3 is 14.5 Å². The first-order valence-corrected chi connectivity index (χ1v) is 6.17. The minimum absolute atomic E-state index is 0.0259. The zero-order valence-corrected chi connectivity index (χ0v) is 10.9. The molecule has 1 aromatic heterocycles. The topological polar surface area (TPSA) is 61.5 Å². The Balaban J connectivity index is 2.00. The summed E-state index contributed by atoms with van der Waals surface area (Å²) in [4.78, 5) is 16.2. The molecule has 1 amide bonds. The van der Waals surface area contributed by atoms with E-state index in [4.69, 9.17) is 4.74 Å². The molecule has 0 bridgehead atoms. The van der Waals surface area contributed by atoms with E-state index < -0.39 is 0 Å². The molecule has 1 aliphatic heterocycles. The van der Waals surface area contributed by atoms with Gasteiger partial charge in [0, 0.05) is 31.7 Å². The van der Waals surface area contributed by atoms with E-state index in [1.165, 1.54) is 0 Å². The molecule has 0 spiro atoms. The first kappa shape index (κ1) is 13.0. The van der Waals surface area contributed by atoms with Crippen LogP contribution in [0.2, 0.25) is 0 Å². The molecule has 2 heterocycles. The van der Waals surface area contributed by atoms with Gasteiger partial charge in [0.1, 0.15) is 0 Å². The van der Waals surface area contributed by atoms with Crippen LogP contribution in [0.5, 0.6) is 0 Å². The Morgan fingerprint density at radius 1 is 1.67 bits per heavy atom. The molecule has 0 saturated carbocycles. The number of nitrogens with one attached hydrogen (secondary N) is 1. The van der Waals surface area contributed by atoms with E-state index >= 15 is 0 Å². The van der Waals surface area contributed by atoms with Gasteiger partial charge >= 0.3 is 0 Å². The highest BCUT2D eigenvalue weighted by molar-refractivity contribution is 5.93. The molecule has 1 fully saturated rings. The van der Waals surface area contributed by atoms with Crippen LogP contribution in [-0.2, 0) is 4.74 Å². The molecule has 0 radical (unpaired) electrons. The summed E-state index contributed by atoms with van der Waals surface area (Å²) in [5, 5.41) is 6.49. The molecule has 0 aliphatic carbocycles. The number of hydrogen-bond donors (Lipinski definition) is 1. The summed E-state index contributed by atoms with van der Waals surface area (Å²) in [6.45, 7) is 3.63. The lowest BCUT2D eigenvalue weighted by Gasteiger charge is -2.25. The summed E-state index contributed by atoms with van der Waals surface area (Å²) in [6, 6.07) is 0. The van der Waals surface area contributed by atoms with Crippen molar-refractivity contribution < 1.29 is 9.53 Å². The zero-order valence-electron chi connectivity index (χ0n) is 10.9. The Morgan fingerprint density at radius 2 is 2.50 bits per heavy atom. The molecule has 6 heteroatoms. The number of ether oxygens (including phenoxy) is 1. The maximum Gasteiger partial charge on any atom is 0.257 e. The van der Waals surface area contributed by atoms with Gasteiger partial charge in [-0.1, -0.05) is 0 Å². The second-order valence-electron chi connectivity index (χ2n) is 4.94. The maximum absolute atomic E-state index is 12.2. The van der Waals surface area contributed by atoms with Crippen LogP contribution in [0.4, 0.5) is 0 Å². The van der Waals surface area contributed by atoms with Gasteiger partial charge in [-0.05, 0) is 14.1 Å². The third-order valence-corrected chi connectivity index (χ3v) is 2.99. The molecule has 1 unspecified atom stereocenters. The van der Waals surface area contributed by atoms with Crippen molar-refractivity contribution in [1.82, 2.24) is 20.0 Å². The molecule has 100 valence electrons. The Hall–Kier alpha value is -1.40. The average molecular weight is 252 g/mol. The number of nitrogens with zero attached hydrogens (tertiary/aromatic N) is 3. The van der Waals surface area contributed by atoms with Crippen LogP contribution in [-0.4, -0.2) is 72.8 Å². The quantitative estimate of drug-likeness (QED) is 0.826. The van der Waals surface area contributed by atoms with Gasteiger partial charge in [-0.2, -0.15) is 5.10 Å². The second-order valence-corrected chi connectivity index (χ2v) is 4.94. The Bertz CT molecular complexity index is 377. The van der Waals surface area contributed by atoms with Crippen molar-refractivity contribution in [2.45, 2.75) is 0 Å². The van der Waals surface area contributed by atoms with Crippen molar-refractivity contribution in [3.63, 3.8) is 0 Å². The van der Waals surface area contributed by atoms with Gasteiger partial charge in [0.15, 0.2) is 0 Å². The lowest BCUT2D eigenvalue weighted by molar-refractivity contribution is 0.0735. The molecule has 6 nitrogen and oxygen atoms in total. The smallest absolute Gasteiger partial charge is 0.257 e. The molecule has 1 atom stereocenters. The lowest BCUT2D eigenvalue weighted by Crippen LogP contribution is -2.38. The Morgan fingerprint density at radius 3 is 3.17 bits per heavy atom. The SMILES string of the molecule is CN(C)CC1COCCN(C(=O)c2cn[nH]c2)C1. The second kappa shape index (κ2) is 5.97. The zero-order chi connectivity index (χ0) is 13.0. The number of aromatic amines is 1. The molecule has 2 rings (SSSR count). The van der Waals surface area contributed by atoms with E-state index in [9.17, 15) is 4.79 Å². The summed E-state index contributed by atoms with van der Waals surface area (Å²) < 4.78 is 5.56. The number of aromatic nitrogens is 2. The highest BCUT2D eigenvalue weighted by atomic mass is 16.5. The van der Waals surface area contributed by atoms with Gasteiger partial charge in [-0.25, -0.2) is 0 Å². The highest BCUT2D eigenvalue weighted by Crippen LogP contribution is 2.11. The standard InChI is InChI=1S/C12H20N4O2/c1-15(2)7-10-8-16(3-4-18-9-10)12(17)11-5-13-14-6-11/h5-6,10H,3-4,7-9H2,1-2H3,(H,13,14). The first-order chi connectivity index (χ1) is 8.66. The summed E-state index contributed by atoms with van der Waals surface area (Å²) in [6.07, 6.45) is 3.20. The molecule has 1 aliphatic rings. The molecule has 0 aromatic carbocycles. The summed E-state index contributed by atoms with van der Waals surface area (Å²) in [5.74, 6) is 0.386. The molecular weight excluding hydrogens is 232 g/mol. The minimum Gasteiger partial charge on any atom is -0.379 e. The molecule has 18 heavy (non-hydrogen) atoms. The van der Waals surface area contributed by atoms with Gasteiger partial charge in [-0.15, -0.1) is 0 Å². The summed E-state index contributed by atoms with van der Waals surface area (Å²) in [7, 11) is 4.07. The van der Waals surface area contributed by atoms with E-state index in [2.05, 4.69) is 15.1 Å². The fourth-order valence-corrected chi connectivity index (χ4v) is 2.24. The van der Waals surface area contributed by atoms with E-state index in [1.54, 1.807) is 12.4 Å². The van der Waals surface area contributed by atoms with Crippen LogP contribution in [0, 0.1) is 5.92 Å². The fraction of sp³-hybridized carbons (Fsp3) is 0.667. The third kappa shape index (κ3) is 3.30. The predicted molar refractivity (Wildman–Crippen MR) is 67.4 cm³/mol. The van der Waals surface area contributed by atoms with Gasteiger partial charge in [0.05, 0.1) is 25.0 Å². The van der Waals surface area contributed by atoms with E-state index in [0.29, 0.717) is 31.2 Å². The monoisotopic (exact) mass is 252 g/mol. The summed E-state index contributed by atoms with van der Waals surface area (Å²) >= 11 is 0. The van der Waals surface area contributed by atoms with Crippen molar-refractivity contribution >= 4 is 5.91 Å². The third-order valence-electron chi connectivity index (χ3n) is 2.99. The van der Waals surface area contributed by atoms with E-state index in [-0.39, 0.29) is 5.91 Å². The minimum atomic E-state index is 0.0259. The van der Waals surface area contributed by atoms with Crippen molar-refractivity contribution in [1.29, 1.82) is 0 Å². The van der Waals surface area contributed by atoms with Crippen molar-refractivity contribution in [2.75, 3.05) is 46.9 Å². The number of hydrogen-bond acceptors (Lipinski definition) is 4. The van der Waals surface area contributed by atoms with Crippen LogP contribution in [0.25, 0.3) is 0 Å². The van der Waals surface area contributed by atoms with E-state index in [1.807, 2.05) is 19.0 Å². The fourth-order valence-electron chi connectivity index (χ4n) is 2.24. The first-order valence-electron chi connectivity index (χ1n) is 6.17. The average Bonchev–Trinajstić information content (AvgIpc) is 2.75. The van der Waals surface area contributed by atoms with Gasteiger partial charge in [0.2, 0.25) is 0 Å². The highest BCUT2D eigenvalue weighted by Gasteiger charge is 2.24. The van der Waals surface area contributed by atoms with Crippen LogP contribution >= 0.6 is 0 Å². The van der Waals surface area contributed by atoms with Crippen LogP contribution in [0.15, 0.2) is 12.4 Å². The van der Waals surface area contributed by atoms with Gasteiger partial charge in [-0.3, -0.25) is 9.89 Å². The van der Waals surface area contributed by atoms with Crippen molar-refractivity contribution in [3.8, 4) is 0 Å². The lowest BCUT2D eigenvalue weighted by atomic mass is 10.1. The van der Waals surface area contributed by atoms with Crippen LogP contribution in [0.3, 0.4) is 0 Å². The van der Waals surface area contributed by atoms with Crippen LogP contribution < -0.4 is 0 Å². The summed E-state index contributed by atoms with van der Waals surface area (Å²) in [5.41, 5.74) is 0.612. The van der Waals surface area contributed by atoms with Crippen LogP contribution in [0.1, 0.15) is 10.4 Å². The molecule has 1 N–H and O–H groups in total. The molecule has 1 aromatic rings. The largest absolute Gasteiger partial charge is 0.379 e. The van der Waals surface area contributed by atoms with E-state index in [0.717, 1.165) is 13.1 Å². The Labute approximate surface area is 107 Å². The number of carbonyl (C=O) groups excluding carboxylic acids is 1. The number of amides is 1. The van der Waals surface area contributed by atoms with Crippen molar-refractivity contribution in [2.24, 2.45) is 5.92 Å². The van der Waals surface area contributed by atoms with Crippen molar-refractivity contribution in [3.05, 3.63) is 18.0 Å². The Kier molecular flexibility index (Phi) is 4.33. The predicted octanol–water partition coefficient (Wildman–Crippen LogP) is 0.0599. The molecule has 1 saturated heterocycles. The number of H-pyrrole nitrogens is 1.